The topological polar surface area (TPSA) is 30.8 Å². The second kappa shape index (κ2) is 2.73. The Bertz CT molecular complexity index is 504. The summed E-state index contributed by atoms with van der Waals surface area (Å²) in [4.78, 5) is 3.91. The third-order valence-electron chi connectivity index (χ3n) is 2.16. The van der Waals surface area contributed by atoms with E-state index in [0.29, 0.717) is 0 Å². The van der Waals surface area contributed by atoms with Crippen LogP contribution in [0.3, 0.4) is 0 Å². The Morgan fingerprint density at radius 1 is 1.00 bits per heavy atom. The van der Waals surface area contributed by atoms with Gasteiger partial charge in [0, 0.05) is 16.6 Å². The van der Waals surface area contributed by atoms with E-state index in [-0.39, 0.29) is 0 Å². The lowest BCUT2D eigenvalue weighted by Gasteiger charge is -2.12. The number of allylic oxidation sites excluding steroid dienone is 1. The van der Waals surface area contributed by atoms with Crippen molar-refractivity contribution in [2.75, 3.05) is 0 Å². The lowest BCUT2D eigenvalue weighted by Crippen LogP contribution is -2.19. The predicted octanol–water partition coefficient (Wildman–Crippen LogP) is 0.532. The summed E-state index contributed by atoms with van der Waals surface area (Å²) in [6, 6.07) is 3.95. The normalized spacial score (nSPS) is 15.4. The first kappa shape index (κ1) is 7.38. The van der Waals surface area contributed by atoms with Crippen molar-refractivity contribution in [3.05, 3.63) is 34.9 Å². The van der Waals surface area contributed by atoms with Crippen molar-refractivity contribution >= 4 is 18.7 Å². The van der Waals surface area contributed by atoms with Gasteiger partial charge in [0.2, 0.25) is 0 Å². The summed E-state index contributed by atoms with van der Waals surface area (Å²) >= 11 is 0. The van der Waals surface area contributed by atoms with Gasteiger partial charge in [-0.1, -0.05) is 6.07 Å². The molecule has 0 N–H and O–H groups in total. The van der Waals surface area contributed by atoms with Crippen LogP contribution in [0, 0.1) is 0 Å². The van der Waals surface area contributed by atoms with E-state index >= 15 is 0 Å². The first-order valence-corrected chi connectivity index (χ1v) is 4.30. The highest BCUT2D eigenvalue weighted by Crippen LogP contribution is 2.20. The van der Waals surface area contributed by atoms with Gasteiger partial charge in [0.15, 0.2) is 17.9 Å². The van der Waals surface area contributed by atoms with Crippen molar-refractivity contribution < 1.29 is 9.47 Å². The highest BCUT2D eigenvalue weighted by Gasteiger charge is 2.11. The van der Waals surface area contributed by atoms with Gasteiger partial charge >= 0.3 is 0 Å². The molecule has 0 saturated heterocycles. The van der Waals surface area contributed by atoms with Crippen LogP contribution in [0.2, 0.25) is 0 Å². The fourth-order valence-electron chi connectivity index (χ4n) is 1.51. The Hall–Kier alpha value is -2.03. The van der Waals surface area contributed by atoms with Gasteiger partial charge < -0.3 is 9.47 Å². The van der Waals surface area contributed by atoms with Crippen molar-refractivity contribution in [2.45, 2.75) is 0 Å². The fraction of sp³-hybridized carbons (Fsp3) is 0. The molecule has 3 nitrogen and oxygen atoms in total. The minimum Gasteiger partial charge on any atom is -0.460 e. The molecule has 2 aliphatic heterocycles. The molecule has 3 rings (SSSR count). The van der Waals surface area contributed by atoms with Gasteiger partial charge in [0.1, 0.15) is 0 Å². The number of nitrogens with zero attached hydrogens (tertiary/aromatic N) is 1. The molecule has 0 saturated carbocycles. The van der Waals surface area contributed by atoms with Crippen LogP contribution in [0.15, 0.2) is 29.5 Å². The molecule has 0 atom stereocenters. The molecule has 14 heavy (non-hydrogen) atoms. The Labute approximate surface area is 80.3 Å². The fourth-order valence-corrected chi connectivity index (χ4v) is 1.51. The van der Waals surface area contributed by atoms with E-state index in [4.69, 9.17) is 9.47 Å². The summed E-state index contributed by atoms with van der Waals surface area (Å²) in [5, 5.41) is 1.96. The smallest absolute Gasteiger partial charge is 0.181 e. The maximum absolute atomic E-state index is 5.40. The third-order valence-corrected chi connectivity index (χ3v) is 2.16. The molecule has 2 aliphatic rings. The average Bonchev–Trinajstić information content (AvgIpc) is 2.29. The van der Waals surface area contributed by atoms with Crippen molar-refractivity contribution in [2.24, 2.45) is 4.99 Å². The molecule has 1 aromatic rings. The van der Waals surface area contributed by atoms with Crippen LogP contribution in [-0.4, -0.2) is 6.40 Å². The average molecular weight is 185 g/mol. The molecule has 1 aromatic carbocycles. The summed E-state index contributed by atoms with van der Waals surface area (Å²) in [6.45, 7) is 0. The van der Waals surface area contributed by atoms with Gasteiger partial charge in [-0.15, -0.1) is 0 Å². The Morgan fingerprint density at radius 3 is 2.86 bits per heavy atom. The quantitative estimate of drug-likeness (QED) is 0.590. The largest absolute Gasteiger partial charge is 0.460 e. The first-order valence-electron chi connectivity index (χ1n) is 4.30. The minimum absolute atomic E-state index is 0.734. The monoisotopic (exact) mass is 185 g/mol. The second-order valence-electron chi connectivity index (χ2n) is 3.02. The maximum atomic E-state index is 5.40. The molecule has 2 heterocycles. The van der Waals surface area contributed by atoms with Gasteiger partial charge in [-0.2, -0.15) is 0 Å². The van der Waals surface area contributed by atoms with Crippen LogP contribution in [-0.2, 0) is 0 Å². The zero-order valence-electron chi connectivity index (χ0n) is 7.31. The van der Waals surface area contributed by atoms with Crippen molar-refractivity contribution in [1.29, 1.82) is 0 Å². The summed E-state index contributed by atoms with van der Waals surface area (Å²) in [7, 11) is 0. The van der Waals surface area contributed by atoms with Crippen LogP contribution in [0.1, 0.15) is 0 Å². The Kier molecular flexibility index (Phi) is 1.44. The van der Waals surface area contributed by atoms with E-state index in [1.807, 2.05) is 24.3 Å². The zero-order valence-corrected chi connectivity index (χ0v) is 7.31. The van der Waals surface area contributed by atoms with E-state index in [1.54, 1.807) is 12.5 Å². The van der Waals surface area contributed by atoms with Crippen LogP contribution in [0.5, 0.6) is 11.5 Å². The molecule has 0 fully saturated rings. The number of rotatable bonds is 0. The SMILES string of the molecule is C1=COc2c3c(ccc2=C1)=CN=CO3. The van der Waals surface area contributed by atoms with E-state index in [2.05, 4.69) is 4.99 Å². The molecule has 0 aliphatic carbocycles. The van der Waals surface area contributed by atoms with Crippen molar-refractivity contribution in [3.63, 3.8) is 0 Å². The second-order valence-corrected chi connectivity index (χ2v) is 3.02. The maximum Gasteiger partial charge on any atom is 0.181 e. The van der Waals surface area contributed by atoms with Gasteiger partial charge in [0.05, 0.1) is 6.26 Å². The Balaban J connectivity index is 2.39. The molecule has 0 aromatic heterocycles. The van der Waals surface area contributed by atoms with Crippen LogP contribution in [0.4, 0.5) is 0 Å². The van der Waals surface area contributed by atoms with E-state index < -0.39 is 0 Å². The number of fused-ring (bicyclic) bond motifs is 3. The molecule has 0 radical (unpaired) electrons. The summed E-state index contributed by atoms with van der Waals surface area (Å²) in [6.07, 6.45) is 8.63. The Morgan fingerprint density at radius 2 is 1.86 bits per heavy atom. The number of hydrogen-bond acceptors (Lipinski definition) is 3. The van der Waals surface area contributed by atoms with Crippen LogP contribution in [0.25, 0.3) is 12.3 Å². The predicted molar refractivity (Wildman–Crippen MR) is 53.5 cm³/mol. The molecule has 0 spiro atoms. The van der Waals surface area contributed by atoms with Crippen LogP contribution < -0.4 is 19.9 Å². The molecule has 68 valence electrons. The molecular weight excluding hydrogens is 178 g/mol. The van der Waals surface area contributed by atoms with E-state index in [1.165, 1.54) is 6.40 Å². The highest BCUT2D eigenvalue weighted by molar-refractivity contribution is 5.65. The number of ether oxygens (including phenoxy) is 2. The first-order chi connectivity index (χ1) is 6.95. The molecule has 0 unspecified atom stereocenters. The number of aliphatic imine (C=N–C) groups is 1. The van der Waals surface area contributed by atoms with Gasteiger partial charge in [-0.3, -0.25) is 0 Å². The minimum atomic E-state index is 0.734. The van der Waals surface area contributed by atoms with E-state index in [9.17, 15) is 0 Å². The third kappa shape index (κ3) is 0.956. The number of benzene rings is 1. The van der Waals surface area contributed by atoms with Gasteiger partial charge in [-0.25, -0.2) is 4.99 Å². The van der Waals surface area contributed by atoms with Gasteiger partial charge in [0.25, 0.3) is 0 Å². The summed E-state index contributed by atoms with van der Waals surface area (Å²) in [5.41, 5.74) is 0. The number of hydrogen-bond donors (Lipinski definition) is 0. The van der Waals surface area contributed by atoms with Crippen molar-refractivity contribution in [3.8, 4) is 11.5 Å². The molecular formula is C11H7NO2. The molecule has 0 bridgehead atoms. The van der Waals surface area contributed by atoms with Crippen molar-refractivity contribution in [1.82, 2.24) is 0 Å². The van der Waals surface area contributed by atoms with E-state index in [0.717, 1.165) is 21.9 Å². The summed E-state index contributed by atoms with van der Waals surface area (Å²) in [5.74, 6) is 1.49. The highest BCUT2D eigenvalue weighted by atomic mass is 16.5. The standard InChI is InChI=1S/C11H7NO2/c1-2-8-3-4-9-6-12-7-14-11(9)10(8)13-5-1/h1-7H. The lowest BCUT2D eigenvalue weighted by molar-refractivity contribution is 0.438. The van der Waals surface area contributed by atoms with Crippen LogP contribution >= 0.6 is 0 Å². The molecule has 0 amide bonds. The van der Waals surface area contributed by atoms with Gasteiger partial charge in [-0.05, 0) is 18.2 Å². The summed E-state index contributed by atoms with van der Waals surface area (Å²) < 4.78 is 10.7. The molecule has 3 heteroatoms. The lowest BCUT2D eigenvalue weighted by atomic mass is 10.2. The zero-order chi connectivity index (χ0) is 9.38.